The number of carbonyl (C=O) groups excluding carboxylic acids is 1. The highest BCUT2D eigenvalue weighted by Gasteiger charge is 2.19. The van der Waals surface area contributed by atoms with E-state index in [1.165, 1.54) is 0 Å². The molecule has 1 aliphatic heterocycles. The summed E-state index contributed by atoms with van der Waals surface area (Å²) in [5.41, 5.74) is 2.07. The molecular formula is C17H20N6O2S. The normalized spacial score (nSPS) is 15.4. The van der Waals surface area contributed by atoms with Gasteiger partial charge >= 0.3 is 0 Å². The Kier molecular flexibility index (Phi) is 4.89. The lowest BCUT2D eigenvalue weighted by Gasteiger charge is -2.23. The standard InChI is InChI=1S/C17H20N6O2S/c1-11-21-22-15(26-11)2-5-18-17(24)12-8-14-16(19-9-12)23(10-20-14)13-3-6-25-7-4-13/h8-10,13H,2-7H2,1H3,(H,18,24). The smallest absolute Gasteiger partial charge is 0.252 e. The summed E-state index contributed by atoms with van der Waals surface area (Å²) >= 11 is 1.55. The molecule has 0 spiro atoms. The van der Waals surface area contributed by atoms with Crippen molar-refractivity contribution in [3.05, 3.63) is 34.2 Å². The molecular weight excluding hydrogens is 352 g/mol. The molecule has 8 nitrogen and oxygen atoms in total. The Bertz CT molecular complexity index is 915. The van der Waals surface area contributed by atoms with Gasteiger partial charge in [0.25, 0.3) is 5.91 Å². The molecule has 3 aromatic heterocycles. The number of rotatable bonds is 5. The number of fused-ring (bicyclic) bond motifs is 1. The molecule has 0 aliphatic carbocycles. The molecule has 3 aromatic rings. The van der Waals surface area contributed by atoms with Gasteiger partial charge in [-0.1, -0.05) is 0 Å². The number of hydrogen-bond acceptors (Lipinski definition) is 7. The molecule has 0 radical (unpaired) electrons. The zero-order chi connectivity index (χ0) is 17.9. The first-order chi connectivity index (χ1) is 12.7. The van der Waals surface area contributed by atoms with Gasteiger partial charge in [0.05, 0.1) is 11.9 Å². The van der Waals surface area contributed by atoms with Crippen molar-refractivity contribution in [2.24, 2.45) is 0 Å². The fourth-order valence-corrected chi connectivity index (χ4v) is 3.81. The molecule has 0 saturated carbocycles. The molecule has 26 heavy (non-hydrogen) atoms. The van der Waals surface area contributed by atoms with Crippen molar-refractivity contribution in [3.63, 3.8) is 0 Å². The van der Waals surface area contributed by atoms with Crippen LogP contribution in [0.3, 0.4) is 0 Å². The first-order valence-corrected chi connectivity index (χ1v) is 9.50. The number of hydrogen-bond donors (Lipinski definition) is 1. The van der Waals surface area contributed by atoms with Crippen molar-refractivity contribution in [2.45, 2.75) is 32.2 Å². The number of aryl methyl sites for hydroxylation is 1. The third-order valence-electron chi connectivity index (χ3n) is 4.45. The molecule has 0 atom stereocenters. The van der Waals surface area contributed by atoms with Crippen LogP contribution in [-0.2, 0) is 11.2 Å². The Morgan fingerprint density at radius 2 is 2.19 bits per heavy atom. The van der Waals surface area contributed by atoms with Gasteiger partial charge in [-0.3, -0.25) is 4.79 Å². The lowest BCUT2D eigenvalue weighted by Crippen LogP contribution is -2.25. The molecule has 0 unspecified atom stereocenters. The summed E-state index contributed by atoms with van der Waals surface area (Å²) in [6, 6.07) is 2.15. The van der Waals surface area contributed by atoms with Gasteiger partial charge in [-0.05, 0) is 25.8 Å². The van der Waals surface area contributed by atoms with E-state index in [2.05, 4.69) is 30.0 Å². The molecule has 1 aliphatic rings. The van der Waals surface area contributed by atoms with Gasteiger partial charge < -0.3 is 14.6 Å². The minimum absolute atomic E-state index is 0.152. The Balaban J connectivity index is 1.42. The second kappa shape index (κ2) is 7.46. The maximum Gasteiger partial charge on any atom is 0.252 e. The van der Waals surface area contributed by atoms with Crippen LogP contribution >= 0.6 is 11.3 Å². The predicted molar refractivity (Wildman–Crippen MR) is 97.3 cm³/mol. The van der Waals surface area contributed by atoms with E-state index in [1.54, 1.807) is 23.6 Å². The average Bonchev–Trinajstić information content (AvgIpc) is 3.28. The second-order valence-electron chi connectivity index (χ2n) is 6.28. The van der Waals surface area contributed by atoms with Gasteiger partial charge in [-0.2, -0.15) is 0 Å². The van der Waals surface area contributed by atoms with E-state index in [-0.39, 0.29) is 5.91 Å². The summed E-state index contributed by atoms with van der Waals surface area (Å²) in [5.74, 6) is -0.152. The van der Waals surface area contributed by atoms with Crippen molar-refractivity contribution in [1.29, 1.82) is 0 Å². The van der Waals surface area contributed by atoms with Crippen molar-refractivity contribution < 1.29 is 9.53 Å². The maximum atomic E-state index is 12.4. The van der Waals surface area contributed by atoms with Crippen LogP contribution in [0, 0.1) is 6.92 Å². The zero-order valence-corrected chi connectivity index (χ0v) is 15.3. The van der Waals surface area contributed by atoms with Crippen LogP contribution in [0.1, 0.15) is 39.3 Å². The second-order valence-corrected chi connectivity index (χ2v) is 7.55. The zero-order valence-electron chi connectivity index (χ0n) is 14.5. The lowest BCUT2D eigenvalue weighted by atomic mass is 10.1. The number of amides is 1. The predicted octanol–water partition coefficient (Wildman–Crippen LogP) is 1.92. The van der Waals surface area contributed by atoms with Crippen molar-refractivity contribution in [1.82, 2.24) is 30.0 Å². The minimum Gasteiger partial charge on any atom is -0.381 e. The van der Waals surface area contributed by atoms with Crippen LogP contribution in [-0.4, -0.2) is 50.4 Å². The SMILES string of the molecule is Cc1nnc(CCNC(=O)c2cnc3c(c2)ncn3C2CCOCC2)s1. The molecule has 1 saturated heterocycles. The Morgan fingerprint density at radius 3 is 2.96 bits per heavy atom. The van der Waals surface area contributed by atoms with E-state index in [9.17, 15) is 4.79 Å². The number of aromatic nitrogens is 5. The van der Waals surface area contributed by atoms with E-state index >= 15 is 0 Å². The number of imidazole rings is 1. The summed E-state index contributed by atoms with van der Waals surface area (Å²) in [4.78, 5) is 21.3. The van der Waals surface area contributed by atoms with Crippen molar-refractivity contribution in [3.8, 4) is 0 Å². The van der Waals surface area contributed by atoms with Gasteiger partial charge in [0.1, 0.15) is 15.5 Å². The lowest BCUT2D eigenvalue weighted by molar-refractivity contribution is 0.0704. The van der Waals surface area contributed by atoms with Crippen LogP contribution in [0.15, 0.2) is 18.6 Å². The van der Waals surface area contributed by atoms with Crippen LogP contribution < -0.4 is 5.32 Å². The fraction of sp³-hybridized carbons (Fsp3) is 0.471. The van der Waals surface area contributed by atoms with Crippen LogP contribution in [0.4, 0.5) is 0 Å². The summed E-state index contributed by atoms with van der Waals surface area (Å²) in [6.45, 7) is 3.96. The van der Waals surface area contributed by atoms with Gasteiger partial charge in [-0.25, -0.2) is 9.97 Å². The van der Waals surface area contributed by atoms with Crippen LogP contribution in [0.25, 0.3) is 11.2 Å². The summed E-state index contributed by atoms with van der Waals surface area (Å²) < 4.78 is 7.51. The molecule has 1 N–H and O–H groups in total. The van der Waals surface area contributed by atoms with E-state index in [0.29, 0.717) is 24.6 Å². The number of nitrogens with zero attached hydrogens (tertiary/aromatic N) is 5. The largest absolute Gasteiger partial charge is 0.381 e. The maximum absolute atomic E-state index is 12.4. The Labute approximate surface area is 154 Å². The topological polar surface area (TPSA) is 94.8 Å². The van der Waals surface area contributed by atoms with E-state index < -0.39 is 0 Å². The highest BCUT2D eigenvalue weighted by atomic mass is 32.1. The molecule has 1 fully saturated rings. The van der Waals surface area contributed by atoms with Gasteiger partial charge in [0.2, 0.25) is 0 Å². The minimum atomic E-state index is -0.152. The monoisotopic (exact) mass is 372 g/mol. The van der Waals surface area contributed by atoms with Crippen LogP contribution in [0.5, 0.6) is 0 Å². The molecule has 0 aromatic carbocycles. The first kappa shape index (κ1) is 17.0. The van der Waals surface area contributed by atoms with Crippen molar-refractivity contribution >= 4 is 28.4 Å². The van der Waals surface area contributed by atoms with Gasteiger partial charge in [-0.15, -0.1) is 21.5 Å². The number of ether oxygens (including phenoxy) is 1. The molecule has 4 rings (SSSR count). The van der Waals surface area contributed by atoms with Crippen LogP contribution in [0.2, 0.25) is 0 Å². The first-order valence-electron chi connectivity index (χ1n) is 8.68. The Hall–Kier alpha value is -2.39. The summed E-state index contributed by atoms with van der Waals surface area (Å²) in [5, 5.41) is 12.8. The summed E-state index contributed by atoms with van der Waals surface area (Å²) in [6.07, 6.45) is 6.02. The average molecular weight is 372 g/mol. The molecule has 0 bridgehead atoms. The number of pyridine rings is 1. The number of carbonyl (C=O) groups is 1. The van der Waals surface area contributed by atoms with E-state index in [1.807, 2.05) is 13.3 Å². The summed E-state index contributed by atoms with van der Waals surface area (Å²) in [7, 11) is 0. The third kappa shape index (κ3) is 3.58. The molecule has 4 heterocycles. The molecule has 1 amide bonds. The third-order valence-corrected chi connectivity index (χ3v) is 5.35. The highest BCUT2D eigenvalue weighted by Crippen LogP contribution is 2.24. The Morgan fingerprint density at radius 1 is 1.35 bits per heavy atom. The quantitative estimate of drug-likeness (QED) is 0.735. The van der Waals surface area contributed by atoms with Gasteiger partial charge in [0, 0.05) is 38.4 Å². The molecule has 9 heteroatoms. The van der Waals surface area contributed by atoms with Crippen molar-refractivity contribution in [2.75, 3.05) is 19.8 Å². The highest BCUT2D eigenvalue weighted by molar-refractivity contribution is 7.11. The number of nitrogens with one attached hydrogen (secondary N) is 1. The van der Waals surface area contributed by atoms with E-state index in [4.69, 9.17) is 4.74 Å². The fourth-order valence-electron chi connectivity index (χ4n) is 3.10. The van der Waals surface area contributed by atoms with Gasteiger partial charge in [0.15, 0.2) is 5.65 Å². The molecule has 136 valence electrons. The van der Waals surface area contributed by atoms with E-state index in [0.717, 1.165) is 47.2 Å².